The first-order chi connectivity index (χ1) is 6.97. The van der Waals surface area contributed by atoms with Crippen molar-refractivity contribution in [1.82, 2.24) is 10.6 Å². The van der Waals surface area contributed by atoms with Gasteiger partial charge in [-0.05, 0) is 26.7 Å². The van der Waals surface area contributed by atoms with E-state index in [1.165, 1.54) is 6.92 Å². The second-order valence-corrected chi connectivity index (χ2v) is 3.70. The highest BCUT2D eigenvalue weighted by molar-refractivity contribution is 5.86. The van der Waals surface area contributed by atoms with E-state index >= 15 is 0 Å². The Morgan fingerprint density at radius 1 is 1.27 bits per heavy atom. The molecule has 0 saturated heterocycles. The van der Waals surface area contributed by atoms with E-state index in [0.717, 1.165) is 6.42 Å². The number of carbonyl (C=O) groups excluding carboxylic acids is 2. The average Bonchev–Trinajstić information content (AvgIpc) is 2.13. The lowest BCUT2D eigenvalue weighted by Gasteiger charge is -2.17. The molecule has 0 radical (unpaired) electrons. The van der Waals surface area contributed by atoms with Crippen molar-refractivity contribution in [1.29, 1.82) is 0 Å². The van der Waals surface area contributed by atoms with Crippen LogP contribution in [-0.2, 0) is 9.59 Å². The molecular formula is C10H20N2O3. The Labute approximate surface area is 90.2 Å². The minimum absolute atomic E-state index is 0.0147. The van der Waals surface area contributed by atoms with Crippen molar-refractivity contribution >= 4 is 11.8 Å². The lowest BCUT2D eigenvalue weighted by molar-refractivity contribution is -0.128. The summed E-state index contributed by atoms with van der Waals surface area (Å²) in [5.41, 5.74) is 0. The predicted octanol–water partition coefficient (Wildman–Crippen LogP) is -0.212. The summed E-state index contributed by atoms with van der Waals surface area (Å²) in [5, 5.41) is 13.9. The zero-order valence-electron chi connectivity index (χ0n) is 9.54. The molecule has 0 saturated carbocycles. The number of aliphatic hydroxyl groups excluding tert-OH is 1. The summed E-state index contributed by atoms with van der Waals surface area (Å²) in [5.74, 6) is -0.420. The fourth-order valence-corrected chi connectivity index (χ4v) is 1.21. The van der Waals surface area contributed by atoms with Gasteiger partial charge in [-0.25, -0.2) is 0 Å². The van der Waals surface area contributed by atoms with E-state index < -0.39 is 6.04 Å². The molecule has 0 aromatic heterocycles. The summed E-state index contributed by atoms with van der Waals surface area (Å²) in [4.78, 5) is 22.2. The highest BCUT2D eigenvalue weighted by Crippen LogP contribution is 1.96. The van der Waals surface area contributed by atoms with E-state index in [0.29, 0.717) is 6.42 Å². The molecule has 0 aromatic carbocycles. The number of amides is 2. The van der Waals surface area contributed by atoms with E-state index in [1.807, 2.05) is 6.92 Å². The quantitative estimate of drug-likeness (QED) is 0.575. The Balaban J connectivity index is 3.85. The minimum Gasteiger partial charge on any atom is -0.396 e. The number of carbonyl (C=O) groups is 2. The number of nitrogens with one attached hydrogen (secondary N) is 2. The molecule has 5 heteroatoms. The first-order valence-electron chi connectivity index (χ1n) is 5.15. The van der Waals surface area contributed by atoms with Gasteiger partial charge < -0.3 is 15.7 Å². The highest BCUT2D eigenvalue weighted by atomic mass is 16.3. The van der Waals surface area contributed by atoms with Crippen molar-refractivity contribution in [3.8, 4) is 0 Å². The number of hydrogen-bond acceptors (Lipinski definition) is 3. The summed E-state index contributed by atoms with van der Waals surface area (Å²) >= 11 is 0. The third-order valence-corrected chi connectivity index (χ3v) is 2.00. The molecule has 0 bridgehead atoms. The molecule has 0 aliphatic rings. The summed E-state index contributed by atoms with van der Waals surface area (Å²) < 4.78 is 0. The standard InChI is InChI=1S/C10H20N2O3/c1-7(5-4-6-13)11-10(15)8(2)12-9(3)14/h7-8,13H,4-6H2,1-3H3,(H,11,15)(H,12,14). The molecule has 2 amide bonds. The van der Waals surface area contributed by atoms with Crippen LogP contribution >= 0.6 is 0 Å². The Hall–Kier alpha value is -1.10. The van der Waals surface area contributed by atoms with Crippen LogP contribution in [0, 0.1) is 0 Å². The minimum atomic E-state index is -0.515. The maximum Gasteiger partial charge on any atom is 0.242 e. The van der Waals surface area contributed by atoms with Crippen molar-refractivity contribution in [3.63, 3.8) is 0 Å². The number of hydrogen-bond donors (Lipinski definition) is 3. The predicted molar refractivity (Wildman–Crippen MR) is 57.2 cm³/mol. The van der Waals surface area contributed by atoms with Crippen LogP contribution in [0.5, 0.6) is 0 Å². The highest BCUT2D eigenvalue weighted by Gasteiger charge is 2.15. The normalized spacial score (nSPS) is 14.1. The first-order valence-corrected chi connectivity index (χ1v) is 5.15. The summed E-state index contributed by atoms with van der Waals surface area (Å²) in [6.45, 7) is 5.00. The molecule has 0 spiro atoms. The van der Waals surface area contributed by atoms with Gasteiger partial charge in [-0.1, -0.05) is 0 Å². The molecular weight excluding hydrogens is 196 g/mol. The van der Waals surface area contributed by atoms with Gasteiger partial charge in [0.1, 0.15) is 6.04 Å². The van der Waals surface area contributed by atoms with Crippen LogP contribution in [0.4, 0.5) is 0 Å². The third kappa shape index (κ3) is 6.90. The SMILES string of the molecule is CC(=O)NC(C)C(=O)NC(C)CCCO. The van der Waals surface area contributed by atoms with E-state index in [-0.39, 0.29) is 24.5 Å². The van der Waals surface area contributed by atoms with E-state index in [4.69, 9.17) is 5.11 Å². The summed E-state index contributed by atoms with van der Waals surface area (Å²) in [6.07, 6.45) is 1.39. The molecule has 2 unspecified atom stereocenters. The Morgan fingerprint density at radius 3 is 2.33 bits per heavy atom. The zero-order chi connectivity index (χ0) is 11.8. The summed E-state index contributed by atoms with van der Waals surface area (Å²) in [6, 6.07) is -0.500. The van der Waals surface area contributed by atoms with Gasteiger partial charge in [0.15, 0.2) is 0 Å². The third-order valence-electron chi connectivity index (χ3n) is 2.00. The van der Waals surface area contributed by atoms with Crippen LogP contribution in [0.15, 0.2) is 0 Å². The van der Waals surface area contributed by atoms with Gasteiger partial charge in [0.05, 0.1) is 0 Å². The monoisotopic (exact) mass is 216 g/mol. The van der Waals surface area contributed by atoms with Gasteiger partial charge in [-0.15, -0.1) is 0 Å². The smallest absolute Gasteiger partial charge is 0.242 e. The van der Waals surface area contributed by atoms with Crippen LogP contribution in [0.3, 0.4) is 0 Å². The summed E-state index contributed by atoms with van der Waals surface area (Å²) in [7, 11) is 0. The van der Waals surface area contributed by atoms with Crippen LogP contribution in [-0.4, -0.2) is 35.6 Å². The lowest BCUT2D eigenvalue weighted by atomic mass is 10.2. The number of rotatable bonds is 6. The van der Waals surface area contributed by atoms with Gasteiger partial charge in [-0.3, -0.25) is 9.59 Å². The average molecular weight is 216 g/mol. The van der Waals surface area contributed by atoms with Crippen LogP contribution in [0.2, 0.25) is 0 Å². The molecule has 5 nitrogen and oxygen atoms in total. The molecule has 0 fully saturated rings. The van der Waals surface area contributed by atoms with Crippen molar-refractivity contribution in [3.05, 3.63) is 0 Å². The molecule has 2 atom stereocenters. The van der Waals surface area contributed by atoms with Gasteiger partial charge in [-0.2, -0.15) is 0 Å². The maximum atomic E-state index is 11.5. The van der Waals surface area contributed by atoms with Crippen molar-refractivity contribution in [2.45, 2.75) is 45.7 Å². The molecule has 0 heterocycles. The second-order valence-electron chi connectivity index (χ2n) is 3.70. The van der Waals surface area contributed by atoms with Crippen LogP contribution in [0.1, 0.15) is 33.6 Å². The van der Waals surface area contributed by atoms with E-state index in [9.17, 15) is 9.59 Å². The van der Waals surface area contributed by atoms with E-state index in [2.05, 4.69) is 10.6 Å². The fourth-order valence-electron chi connectivity index (χ4n) is 1.21. The molecule has 0 aromatic rings. The first kappa shape index (κ1) is 13.9. The largest absolute Gasteiger partial charge is 0.396 e. The Kier molecular flexibility index (Phi) is 6.70. The second kappa shape index (κ2) is 7.23. The van der Waals surface area contributed by atoms with Crippen molar-refractivity contribution in [2.24, 2.45) is 0 Å². The molecule has 0 aliphatic heterocycles. The molecule has 0 rings (SSSR count). The van der Waals surface area contributed by atoms with Crippen LogP contribution in [0.25, 0.3) is 0 Å². The maximum absolute atomic E-state index is 11.5. The number of aliphatic hydroxyl groups is 1. The topological polar surface area (TPSA) is 78.4 Å². The van der Waals surface area contributed by atoms with Crippen LogP contribution < -0.4 is 10.6 Å². The Morgan fingerprint density at radius 2 is 1.87 bits per heavy atom. The molecule has 0 aliphatic carbocycles. The van der Waals surface area contributed by atoms with Gasteiger partial charge in [0, 0.05) is 19.6 Å². The van der Waals surface area contributed by atoms with E-state index in [1.54, 1.807) is 6.92 Å². The van der Waals surface area contributed by atoms with Crippen molar-refractivity contribution < 1.29 is 14.7 Å². The molecule has 88 valence electrons. The molecule has 3 N–H and O–H groups in total. The van der Waals surface area contributed by atoms with Gasteiger partial charge in [0.2, 0.25) is 11.8 Å². The zero-order valence-corrected chi connectivity index (χ0v) is 9.54. The lowest BCUT2D eigenvalue weighted by Crippen LogP contribution is -2.46. The fraction of sp³-hybridized carbons (Fsp3) is 0.800. The molecule has 15 heavy (non-hydrogen) atoms. The van der Waals surface area contributed by atoms with Crippen molar-refractivity contribution in [2.75, 3.05) is 6.61 Å². The Bertz CT molecular complexity index is 219. The van der Waals surface area contributed by atoms with Gasteiger partial charge in [0.25, 0.3) is 0 Å². The van der Waals surface area contributed by atoms with Gasteiger partial charge >= 0.3 is 0 Å².